The SMILES string of the molecule is CCOC(=O)C1=C(O)/C(=C/c2ccccc2)SC1C. The zero-order valence-electron chi connectivity index (χ0n) is 10.9. The summed E-state index contributed by atoms with van der Waals surface area (Å²) >= 11 is 1.47. The molecule has 0 aliphatic carbocycles. The van der Waals surface area contributed by atoms with Gasteiger partial charge in [0.15, 0.2) is 0 Å². The van der Waals surface area contributed by atoms with Crippen molar-refractivity contribution in [1.29, 1.82) is 0 Å². The smallest absolute Gasteiger partial charge is 0.338 e. The molecule has 0 saturated carbocycles. The van der Waals surface area contributed by atoms with Crippen LogP contribution in [0.3, 0.4) is 0 Å². The zero-order chi connectivity index (χ0) is 13.8. The lowest BCUT2D eigenvalue weighted by molar-refractivity contribution is -0.138. The zero-order valence-corrected chi connectivity index (χ0v) is 11.7. The van der Waals surface area contributed by atoms with E-state index >= 15 is 0 Å². The van der Waals surface area contributed by atoms with Crippen LogP contribution in [0, 0.1) is 0 Å². The molecule has 0 fully saturated rings. The second-order valence-electron chi connectivity index (χ2n) is 4.16. The second-order valence-corrected chi connectivity index (χ2v) is 5.54. The molecule has 19 heavy (non-hydrogen) atoms. The summed E-state index contributed by atoms with van der Waals surface area (Å²) in [5, 5.41) is 10.1. The first-order valence-electron chi connectivity index (χ1n) is 6.17. The molecule has 0 radical (unpaired) electrons. The maximum absolute atomic E-state index is 11.8. The van der Waals surface area contributed by atoms with Crippen molar-refractivity contribution in [1.82, 2.24) is 0 Å². The fraction of sp³-hybridized carbons (Fsp3) is 0.267. The third-order valence-electron chi connectivity index (χ3n) is 2.79. The molecule has 3 nitrogen and oxygen atoms in total. The minimum Gasteiger partial charge on any atom is -0.506 e. The summed E-state index contributed by atoms with van der Waals surface area (Å²) in [5.41, 5.74) is 1.35. The Morgan fingerprint density at radius 3 is 2.74 bits per heavy atom. The Bertz CT molecular complexity index is 532. The Kier molecular flexibility index (Phi) is 4.32. The summed E-state index contributed by atoms with van der Waals surface area (Å²) < 4.78 is 4.97. The van der Waals surface area contributed by atoms with Gasteiger partial charge < -0.3 is 9.84 Å². The van der Waals surface area contributed by atoms with Gasteiger partial charge in [-0.1, -0.05) is 30.3 Å². The summed E-state index contributed by atoms with van der Waals surface area (Å²) in [5.74, 6) is -0.392. The van der Waals surface area contributed by atoms with E-state index in [0.29, 0.717) is 17.1 Å². The highest BCUT2D eigenvalue weighted by Gasteiger charge is 2.32. The number of esters is 1. The third kappa shape index (κ3) is 3.01. The molecule has 0 amide bonds. The van der Waals surface area contributed by atoms with Gasteiger partial charge in [-0.2, -0.15) is 0 Å². The van der Waals surface area contributed by atoms with Gasteiger partial charge in [0.05, 0.1) is 17.1 Å². The highest BCUT2D eigenvalue weighted by molar-refractivity contribution is 8.04. The van der Waals surface area contributed by atoms with Crippen molar-refractivity contribution in [3.8, 4) is 0 Å². The van der Waals surface area contributed by atoms with E-state index in [9.17, 15) is 9.90 Å². The van der Waals surface area contributed by atoms with Gasteiger partial charge in [-0.25, -0.2) is 4.79 Å². The van der Waals surface area contributed by atoms with E-state index in [4.69, 9.17) is 4.74 Å². The number of thioether (sulfide) groups is 1. The van der Waals surface area contributed by atoms with Gasteiger partial charge in [0, 0.05) is 5.25 Å². The maximum Gasteiger partial charge on any atom is 0.338 e. The van der Waals surface area contributed by atoms with Crippen LogP contribution in [0.1, 0.15) is 19.4 Å². The fourth-order valence-corrected chi connectivity index (χ4v) is 3.04. The van der Waals surface area contributed by atoms with Crippen molar-refractivity contribution in [2.45, 2.75) is 19.1 Å². The molecule has 1 unspecified atom stereocenters. The second kappa shape index (κ2) is 5.97. The molecule has 1 aliphatic rings. The van der Waals surface area contributed by atoms with Gasteiger partial charge in [0.2, 0.25) is 0 Å². The topological polar surface area (TPSA) is 46.5 Å². The standard InChI is InChI=1S/C15H16O3S/c1-3-18-15(17)13-10(2)19-12(14(13)16)9-11-7-5-4-6-8-11/h4-10,16H,3H2,1-2H3/b12-9-. The molecule has 1 aromatic carbocycles. The molecule has 1 heterocycles. The summed E-state index contributed by atoms with van der Waals surface area (Å²) in [6.07, 6.45) is 1.88. The highest BCUT2D eigenvalue weighted by atomic mass is 32.2. The van der Waals surface area contributed by atoms with Crippen molar-refractivity contribution in [3.63, 3.8) is 0 Å². The molecular formula is C15H16O3S. The lowest BCUT2D eigenvalue weighted by atomic mass is 10.1. The average Bonchev–Trinajstić information content (AvgIpc) is 2.66. The van der Waals surface area contributed by atoms with Crippen LogP contribution in [0.2, 0.25) is 0 Å². The van der Waals surface area contributed by atoms with Crippen LogP contribution in [0.15, 0.2) is 46.6 Å². The molecule has 100 valence electrons. The first-order valence-corrected chi connectivity index (χ1v) is 7.05. The van der Waals surface area contributed by atoms with E-state index in [1.54, 1.807) is 6.92 Å². The van der Waals surface area contributed by atoms with Gasteiger partial charge in [-0.05, 0) is 25.5 Å². The number of ether oxygens (including phenoxy) is 1. The fourth-order valence-electron chi connectivity index (χ4n) is 1.90. The maximum atomic E-state index is 11.8. The van der Waals surface area contributed by atoms with Crippen LogP contribution >= 0.6 is 11.8 Å². The Morgan fingerprint density at radius 1 is 1.42 bits per heavy atom. The number of rotatable bonds is 3. The number of carbonyl (C=O) groups excluding carboxylic acids is 1. The number of carbonyl (C=O) groups is 1. The van der Waals surface area contributed by atoms with E-state index in [1.165, 1.54) is 11.8 Å². The Balaban J connectivity index is 2.31. The van der Waals surface area contributed by atoms with Crippen molar-refractivity contribution >= 4 is 23.8 Å². The minimum atomic E-state index is -0.434. The number of hydrogen-bond acceptors (Lipinski definition) is 4. The quantitative estimate of drug-likeness (QED) is 0.858. The molecule has 1 atom stereocenters. The van der Waals surface area contributed by atoms with Crippen LogP contribution in [-0.4, -0.2) is 22.9 Å². The van der Waals surface area contributed by atoms with Gasteiger partial charge >= 0.3 is 5.97 Å². The lowest BCUT2D eigenvalue weighted by Crippen LogP contribution is -2.14. The van der Waals surface area contributed by atoms with Gasteiger partial charge in [-0.15, -0.1) is 11.8 Å². The number of hydrogen-bond donors (Lipinski definition) is 1. The predicted octanol–water partition coefficient (Wildman–Crippen LogP) is 3.54. The van der Waals surface area contributed by atoms with E-state index in [-0.39, 0.29) is 11.0 Å². The monoisotopic (exact) mass is 276 g/mol. The predicted molar refractivity (Wildman–Crippen MR) is 77.8 cm³/mol. The first-order chi connectivity index (χ1) is 9.13. The Morgan fingerprint density at radius 2 is 2.11 bits per heavy atom. The van der Waals surface area contributed by atoms with E-state index in [0.717, 1.165) is 5.56 Å². The molecular weight excluding hydrogens is 260 g/mol. The summed E-state index contributed by atoms with van der Waals surface area (Å²) in [4.78, 5) is 12.5. The van der Waals surface area contributed by atoms with Crippen molar-refractivity contribution < 1.29 is 14.6 Å². The summed E-state index contributed by atoms with van der Waals surface area (Å²) in [6.45, 7) is 3.95. The van der Waals surface area contributed by atoms with Gasteiger partial charge in [-0.3, -0.25) is 0 Å². The average molecular weight is 276 g/mol. The highest BCUT2D eigenvalue weighted by Crippen LogP contribution is 2.42. The molecule has 0 bridgehead atoms. The van der Waals surface area contributed by atoms with Crippen LogP contribution in [0.25, 0.3) is 6.08 Å². The Hall–Kier alpha value is -1.68. The normalized spacial score (nSPS) is 20.9. The van der Waals surface area contributed by atoms with Crippen LogP contribution < -0.4 is 0 Å². The van der Waals surface area contributed by atoms with Crippen molar-refractivity contribution in [2.24, 2.45) is 0 Å². The minimum absolute atomic E-state index is 0.0415. The largest absolute Gasteiger partial charge is 0.506 e. The van der Waals surface area contributed by atoms with Crippen LogP contribution in [0.4, 0.5) is 0 Å². The van der Waals surface area contributed by atoms with E-state index in [2.05, 4.69) is 0 Å². The number of aliphatic hydroxyl groups is 1. The molecule has 1 aromatic rings. The molecule has 0 aromatic heterocycles. The van der Waals surface area contributed by atoms with E-state index < -0.39 is 5.97 Å². The van der Waals surface area contributed by atoms with Crippen molar-refractivity contribution in [3.05, 3.63) is 52.1 Å². The number of aliphatic hydroxyl groups excluding tert-OH is 1. The third-order valence-corrected chi connectivity index (χ3v) is 3.95. The first kappa shape index (κ1) is 13.7. The van der Waals surface area contributed by atoms with Crippen molar-refractivity contribution in [2.75, 3.05) is 6.61 Å². The van der Waals surface area contributed by atoms with Gasteiger partial charge in [0.1, 0.15) is 5.76 Å². The van der Waals surface area contributed by atoms with Gasteiger partial charge in [0.25, 0.3) is 0 Å². The van der Waals surface area contributed by atoms with E-state index in [1.807, 2.05) is 43.3 Å². The molecule has 1 aliphatic heterocycles. The molecule has 4 heteroatoms. The Labute approximate surface area is 117 Å². The summed E-state index contributed by atoms with van der Waals surface area (Å²) in [6, 6.07) is 9.71. The molecule has 2 rings (SSSR count). The summed E-state index contributed by atoms with van der Waals surface area (Å²) in [7, 11) is 0. The number of benzene rings is 1. The molecule has 0 saturated heterocycles. The molecule has 0 spiro atoms. The van der Waals surface area contributed by atoms with Crippen LogP contribution in [-0.2, 0) is 9.53 Å². The lowest BCUT2D eigenvalue weighted by Gasteiger charge is -2.05. The van der Waals surface area contributed by atoms with Crippen LogP contribution in [0.5, 0.6) is 0 Å². The molecule has 1 N–H and O–H groups in total.